The lowest BCUT2D eigenvalue weighted by atomic mass is 10.2. The van der Waals surface area contributed by atoms with Gasteiger partial charge in [0.15, 0.2) is 0 Å². The van der Waals surface area contributed by atoms with Crippen LogP contribution < -0.4 is 5.32 Å². The molecule has 2 nitrogen and oxygen atoms in total. The van der Waals surface area contributed by atoms with Crippen LogP contribution >= 0.6 is 0 Å². The normalized spacial score (nSPS) is 13.8. The summed E-state index contributed by atoms with van der Waals surface area (Å²) in [7, 11) is 1.65. The van der Waals surface area contributed by atoms with Gasteiger partial charge in [0.05, 0.1) is 12.6 Å². The number of halogens is 2. The van der Waals surface area contributed by atoms with E-state index in [-0.39, 0.29) is 12.6 Å². The molecule has 0 heterocycles. The smallest absolute Gasteiger partial charge is 0.250 e. The lowest BCUT2D eigenvalue weighted by molar-refractivity contribution is 0.108. The van der Waals surface area contributed by atoms with Gasteiger partial charge < -0.3 is 10.1 Å². The summed E-state index contributed by atoms with van der Waals surface area (Å²) in [6, 6.07) is 0. The summed E-state index contributed by atoms with van der Waals surface area (Å²) < 4.78 is 28.2. The van der Waals surface area contributed by atoms with Crippen molar-refractivity contribution >= 4 is 0 Å². The number of methoxy groups -OCH3 is 1. The van der Waals surface area contributed by atoms with Crippen LogP contribution in [0.4, 0.5) is 8.78 Å². The Bertz CT molecular complexity index is 101. The van der Waals surface area contributed by atoms with Crippen molar-refractivity contribution in [1.82, 2.24) is 5.32 Å². The van der Waals surface area contributed by atoms with E-state index in [9.17, 15) is 8.78 Å². The van der Waals surface area contributed by atoms with E-state index < -0.39 is 6.43 Å². The van der Waals surface area contributed by atoms with E-state index in [1.807, 2.05) is 6.92 Å². The second-order valence-electron chi connectivity index (χ2n) is 2.78. The monoisotopic (exact) mass is 181 g/mol. The molecule has 0 radical (unpaired) electrons. The first-order chi connectivity index (χ1) is 5.66. The molecule has 0 spiro atoms. The van der Waals surface area contributed by atoms with Gasteiger partial charge in [-0.05, 0) is 26.3 Å². The molecule has 0 aromatic rings. The highest BCUT2D eigenvalue weighted by Crippen LogP contribution is 1.98. The van der Waals surface area contributed by atoms with Gasteiger partial charge in [0.2, 0.25) is 0 Å². The van der Waals surface area contributed by atoms with Crippen molar-refractivity contribution in [2.24, 2.45) is 0 Å². The van der Waals surface area contributed by atoms with Crippen LogP contribution in [0.3, 0.4) is 0 Å². The zero-order valence-corrected chi connectivity index (χ0v) is 7.65. The summed E-state index contributed by atoms with van der Waals surface area (Å²) in [4.78, 5) is 0. The van der Waals surface area contributed by atoms with Gasteiger partial charge in [-0.15, -0.1) is 0 Å². The molecule has 1 unspecified atom stereocenters. The second kappa shape index (κ2) is 7.43. The summed E-state index contributed by atoms with van der Waals surface area (Å²) >= 11 is 0. The summed E-state index contributed by atoms with van der Waals surface area (Å²) in [5.74, 6) is 0. The Labute approximate surface area is 72.3 Å². The quantitative estimate of drug-likeness (QED) is 0.603. The van der Waals surface area contributed by atoms with Gasteiger partial charge in [0, 0.05) is 7.11 Å². The minimum absolute atomic E-state index is 0.207. The van der Waals surface area contributed by atoms with Crippen molar-refractivity contribution in [2.75, 3.05) is 20.2 Å². The molecule has 12 heavy (non-hydrogen) atoms. The molecule has 0 bridgehead atoms. The highest BCUT2D eigenvalue weighted by molar-refractivity contribution is 4.53. The lowest BCUT2D eigenvalue weighted by Gasteiger charge is -2.08. The van der Waals surface area contributed by atoms with E-state index in [1.165, 1.54) is 0 Å². The zero-order valence-electron chi connectivity index (χ0n) is 7.65. The third kappa shape index (κ3) is 7.88. The number of rotatable bonds is 7. The Kier molecular flexibility index (Phi) is 7.29. The Morgan fingerprint density at radius 2 is 2.08 bits per heavy atom. The molecule has 1 atom stereocenters. The minimum Gasteiger partial charge on any atom is -0.382 e. The topological polar surface area (TPSA) is 21.3 Å². The van der Waals surface area contributed by atoms with Gasteiger partial charge in [-0.3, -0.25) is 0 Å². The molecule has 1 N–H and O–H groups in total. The van der Waals surface area contributed by atoms with Crippen LogP contribution in [0.15, 0.2) is 0 Å². The maximum atomic E-state index is 11.6. The van der Waals surface area contributed by atoms with Crippen LogP contribution in [-0.2, 0) is 4.74 Å². The molecular formula is C8H17F2NO. The highest BCUT2D eigenvalue weighted by atomic mass is 19.3. The summed E-state index contributed by atoms with van der Waals surface area (Å²) in [5.41, 5.74) is 0. The van der Waals surface area contributed by atoms with Gasteiger partial charge in [-0.25, -0.2) is 8.78 Å². The summed E-state index contributed by atoms with van der Waals surface area (Å²) in [6.07, 6.45) is -0.239. The van der Waals surface area contributed by atoms with Crippen molar-refractivity contribution in [3.8, 4) is 0 Å². The molecule has 0 amide bonds. The van der Waals surface area contributed by atoms with E-state index in [1.54, 1.807) is 7.11 Å². The number of hydrogen-bond donors (Lipinski definition) is 1. The molecule has 4 heteroatoms. The fraction of sp³-hybridized carbons (Fsp3) is 1.00. The van der Waals surface area contributed by atoms with Crippen molar-refractivity contribution < 1.29 is 13.5 Å². The van der Waals surface area contributed by atoms with E-state index >= 15 is 0 Å². The molecule has 0 aliphatic rings. The first-order valence-electron chi connectivity index (χ1n) is 4.18. The first kappa shape index (κ1) is 11.8. The first-order valence-corrected chi connectivity index (χ1v) is 4.18. The molecule has 0 aromatic heterocycles. The summed E-state index contributed by atoms with van der Waals surface area (Å²) in [6.45, 7) is 2.40. The molecule has 74 valence electrons. The third-order valence-corrected chi connectivity index (χ3v) is 1.67. The molecule has 0 aliphatic carbocycles. The predicted octanol–water partition coefficient (Wildman–Crippen LogP) is 1.66. The minimum atomic E-state index is -2.25. The standard InChI is InChI=1S/C8H17F2NO/c1-7(12-2)4-3-5-11-6-8(9)10/h7-8,11H,3-6H2,1-2H3. The maximum absolute atomic E-state index is 11.6. The Morgan fingerprint density at radius 3 is 2.58 bits per heavy atom. The van der Waals surface area contributed by atoms with Gasteiger partial charge in [-0.2, -0.15) is 0 Å². The van der Waals surface area contributed by atoms with Crippen molar-refractivity contribution in [1.29, 1.82) is 0 Å². The molecule has 0 aliphatic heterocycles. The van der Waals surface area contributed by atoms with Crippen molar-refractivity contribution in [2.45, 2.75) is 32.3 Å². The van der Waals surface area contributed by atoms with E-state index in [0.717, 1.165) is 12.8 Å². The van der Waals surface area contributed by atoms with Crippen LogP contribution in [0.5, 0.6) is 0 Å². The van der Waals surface area contributed by atoms with E-state index in [2.05, 4.69) is 5.32 Å². The van der Waals surface area contributed by atoms with Gasteiger partial charge in [0.1, 0.15) is 0 Å². The predicted molar refractivity (Wildman–Crippen MR) is 44.6 cm³/mol. The Balaban J connectivity index is 3.00. The SMILES string of the molecule is COC(C)CCCNCC(F)F. The Morgan fingerprint density at radius 1 is 1.42 bits per heavy atom. The average molecular weight is 181 g/mol. The molecule has 0 rings (SSSR count). The second-order valence-corrected chi connectivity index (χ2v) is 2.78. The number of alkyl halides is 2. The van der Waals surface area contributed by atoms with E-state index in [4.69, 9.17) is 4.74 Å². The lowest BCUT2D eigenvalue weighted by Crippen LogP contribution is -2.23. The zero-order chi connectivity index (χ0) is 9.40. The molecule has 0 saturated heterocycles. The Hall–Kier alpha value is -0.220. The maximum Gasteiger partial charge on any atom is 0.250 e. The molecule has 0 saturated carbocycles. The van der Waals surface area contributed by atoms with E-state index in [0.29, 0.717) is 6.54 Å². The molecular weight excluding hydrogens is 164 g/mol. The molecule has 0 aromatic carbocycles. The molecule has 0 fully saturated rings. The number of ether oxygens (including phenoxy) is 1. The largest absolute Gasteiger partial charge is 0.382 e. The summed E-state index contributed by atoms with van der Waals surface area (Å²) in [5, 5.41) is 2.66. The van der Waals surface area contributed by atoms with Crippen LogP contribution in [0, 0.1) is 0 Å². The fourth-order valence-electron chi connectivity index (χ4n) is 0.844. The number of hydrogen-bond acceptors (Lipinski definition) is 2. The van der Waals surface area contributed by atoms with Crippen LogP contribution in [0.1, 0.15) is 19.8 Å². The van der Waals surface area contributed by atoms with Gasteiger partial charge in [-0.1, -0.05) is 0 Å². The van der Waals surface area contributed by atoms with Gasteiger partial charge in [0.25, 0.3) is 6.43 Å². The van der Waals surface area contributed by atoms with Gasteiger partial charge >= 0.3 is 0 Å². The van der Waals surface area contributed by atoms with Crippen molar-refractivity contribution in [3.05, 3.63) is 0 Å². The third-order valence-electron chi connectivity index (χ3n) is 1.67. The van der Waals surface area contributed by atoms with Crippen LogP contribution in [0.25, 0.3) is 0 Å². The van der Waals surface area contributed by atoms with Crippen LogP contribution in [-0.4, -0.2) is 32.7 Å². The number of nitrogens with one attached hydrogen (secondary N) is 1. The average Bonchev–Trinajstić information content (AvgIpc) is 2.03. The van der Waals surface area contributed by atoms with Crippen molar-refractivity contribution in [3.63, 3.8) is 0 Å². The fourth-order valence-corrected chi connectivity index (χ4v) is 0.844. The highest BCUT2D eigenvalue weighted by Gasteiger charge is 2.01. The van der Waals surface area contributed by atoms with Crippen LogP contribution in [0.2, 0.25) is 0 Å².